The van der Waals surface area contributed by atoms with Crippen LogP contribution < -0.4 is 16.1 Å². The van der Waals surface area contributed by atoms with E-state index in [0.717, 1.165) is 48.6 Å². The molecule has 1 fully saturated rings. The normalized spacial score (nSPS) is 18.6. The first-order valence-corrected chi connectivity index (χ1v) is 10.9. The zero-order valence-electron chi connectivity index (χ0n) is 18.2. The Bertz CT molecular complexity index is 976. The highest BCUT2D eigenvalue weighted by molar-refractivity contribution is 5.86. The number of ketones is 1. The molecule has 0 spiro atoms. The molecule has 2 heterocycles. The van der Waals surface area contributed by atoms with Crippen LogP contribution in [0.2, 0.25) is 0 Å². The van der Waals surface area contributed by atoms with Crippen LogP contribution in [0.3, 0.4) is 0 Å². The van der Waals surface area contributed by atoms with Gasteiger partial charge in [-0.05, 0) is 38.7 Å². The number of ether oxygens (including phenoxy) is 1. The number of morpholine rings is 1. The van der Waals surface area contributed by atoms with Gasteiger partial charge in [-0.2, -0.15) is 10.1 Å². The first kappa shape index (κ1) is 26.4. The number of aryl methyl sites for hydroxylation is 2. The van der Waals surface area contributed by atoms with E-state index in [1.807, 2.05) is 12.1 Å². The topological polar surface area (TPSA) is 106 Å². The molecule has 2 aliphatic rings. The van der Waals surface area contributed by atoms with Gasteiger partial charge in [0, 0.05) is 26.0 Å². The molecule has 1 aromatic heterocycles. The molecule has 0 bridgehead atoms. The highest BCUT2D eigenvalue weighted by atomic mass is 16.5. The maximum absolute atomic E-state index is 12.5. The summed E-state index contributed by atoms with van der Waals surface area (Å²) in [7, 11) is 0. The molecular formula is C25H40N6O2. The summed E-state index contributed by atoms with van der Waals surface area (Å²) < 4.78 is 5.51. The van der Waals surface area contributed by atoms with Crippen molar-refractivity contribution < 1.29 is 11.0 Å². The third-order valence-electron chi connectivity index (χ3n) is 5.83. The molecule has 0 radical (unpaired) electrons. The summed E-state index contributed by atoms with van der Waals surface area (Å²) in [5.41, 5.74) is 13.1. The average molecular weight is 457 g/mol. The number of hydrazone groups is 1. The van der Waals surface area contributed by atoms with Gasteiger partial charge in [0.2, 0.25) is 5.95 Å². The SMILES string of the molecule is C.C.Cc1cccc(/C=N/Nc2nc3c(c(N4CCOCC4)n2)CC(C(=O)C(C)N)CC3)c1.[HH]. The Hall–Kier alpha value is -2.84. The lowest BCUT2D eigenvalue weighted by Gasteiger charge is -2.33. The molecule has 2 atom stereocenters. The van der Waals surface area contributed by atoms with Gasteiger partial charge in [0.1, 0.15) is 5.82 Å². The van der Waals surface area contributed by atoms with Crippen molar-refractivity contribution in [3.05, 3.63) is 46.6 Å². The first-order chi connectivity index (χ1) is 15.0. The Morgan fingerprint density at radius 3 is 2.79 bits per heavy atom. The smallest absolute Gasteiger partial charge is 0.245 e. The Morgan fingerprint density at radius 1 is 1.33 bits per heavy atom. The van der Waals surface area contributed by atoms with Gasteiger partial charge in [-0.25, -0.2) is 10.4 Å². The van der Waals surface area contributed by atoms with E-state index >= 15 is 0 Å². The fourth-order valence-electron chi connectivity index (χ4n) is 4.21. The van der Waals surface area contributed by atoms with Crippen LogP contribution in [-0.2, 0) is 22.4 Å². The minimum absolute atomic E-state index is 0. The van der Waals surface area contributed by atoms with Crippen LogP contribution in [0, 0.1) is 12.8 Å². The molecule has 2 unspecified atom stereocenters. The third-order valence-corrected chi connectivity index (χ3v) is 5.83. The Labute approximate surface area is 199 Å². The Morgan fingerprint density at radius 2 is 2.09 bits per heavy atom. The van der Waals surface area contributed by atoms with Crippen molar-refractivity contribution in [1.29, 1.82) is 0 Å². The minimum atomic E-state index is -0.448. The molecule has 1 aliphatic carbocycles. The number of carbonyl (C=O) groups is 1. The van der Waals surface area contributed by atoms with E-state index in [4.69, 9.17) is 20.4 Å². The van der Waals surface area contributed by atoms with Gasteiger partial charge in [-0.15, -0.1) is 0 Å². The fraction of sp³-hybridized carbons (Fsp3) is 0.520. The fourth-order valence-corrected chi connectivity index (χ4v) is 4.21. The Balaban J connectivity index is 0.00000193. The highest BCUT2D eigenvalue weighted by Gasteiger charge is 2.31. The van der Waals surface area contributed by atoms with E-state index < -0.39 is 6.04 Å². The van der Waals surface area contributed by atoms with Crippen molar-refractivity contribution in [3.63, 3.8) is 0 Å². The molecule has 33 heavy (non-hydrogen) atoms. The van der Waals surface area contributed by atoms with Crippen LogP contribution in [0.5, 0.6) is 0 Å². The van der Waals surface area contributed by atoms with Gasteiger partial charge in [0.05, 0.1) is 31.2 Å². The number of Topliss-reactive ketones (excluding diaryl/α,β-unsaturated/α-hetero) is 1. The number of nitrogens with zero attached hydrogens (tertiary/aromatic N) is 4. The molecule has 0 saturated carbocycles. The van der Waals surface area contributed by atoms with Crippen molar-refractivity contribution in [2.75, 3.05) is 36.6 Å². The maximum atomic E-state index is 12.5. The number of nitrogens with two attached hydrogens (primary N) is 1. The van der Waals surface area contributed by atoms with E-state index in [1.165, 1.54) is 5.56 Å². The monoisotopic (exact) mass is 456 g/mol. The van der Waals surface area contributed by atoms with Gasteiger partial charge >= 0.3 is 0 Å². The van der Waals surface area contributed by atoms with Crippen LogP contribution >= 0.6 is 0 Å². The number of anilines is 2. The lowest BCUT2D eigenvalue weighted by molar-refractivity contribution is -0.124. The summed E-state index contributed by atoms with van der Waals surface area (Å²) in [6.07, 6.45) is 3.89. The first-order valence-electron chi connectivity index (χ1n) is 10.9. The van der Waals surface area contributed by atoms with Crippen molar-refractivity contribution in [3.8, 4) is 0 Å². The molecule has 8 nitrogen and oxygen atoms in total. The second-order valence-corrected chi connectivity index (χ2v) is 8.31. The predicted octanol–water partition coefficient (Wildman–Crippen LogP) is 3.61. The standard InChI is InChI=1S/C23H30N6O2.2CH4.H2/c1-15-4-3-5-17(12-15)14-25-28-23-26-20-7-6-18(21(30)16(2)24)13-19(20)22(27-23)29-8-10-31-11-9-29;;;/h3-5,12,14,16,18H,6-11,13,24H2,1-2H3,(H,26,27,28);2*1H4;1H/b25-14+;;;. The lowest BCUT2D eigenvalue weighted by atomic mass is 9.82. The van der Waals surface area contributed by atoms with Gasteiger partial charge < -0.3 is 15.4 Å². The number of carbonyl (C=O) groups excluding carboxylic acids is 1. The van der Waals surface area contributed by atoms with Crippen LogP contribution in [0.4, 0.5) is 11.8 Å². The lowest BCUT2D eigenvalue weighted by Crippen LogP contribution is -2.40. The summed E-state index contributed by atoms with van der Waals surface area (Å²) in [5, 5.41) is 4.34. The number of hydrogen-bond donors (Lipinski definition) is 2. The largest absolute Gasteiger partial charge is 0.378 e. The summed E-state index contributed by atoms with van der Waals surface area (Å²) in [5.74, 6) is 1.39. The van der Waals surface area contributed by atoms with Gasteiger partial charge in [0.25, 0.3) is 0 Å². The summed E-state index contributed by atoms with van der Waals surface area (Å²) in [6.45, 7) is 6.67. The van der Waals surface area contributed by atoms with Crippen LogP contribution in [-0.4, -0.2) is 54.3 Å². The maximum Gasteiger partial charge on any atom is 0.245 e. The molecule has 3 N–H and O–H groups in total. The molecule has 8 heteroatoms. The molecule has 0 amide bonds. The summed E-state index contributed by atoms with van der Waals surface area (Å²) >= 11 is 0. The van der Waals surface area contributed by atoms with Gasteiger partial charge in [-0.1, -0.05) is 44.7 Å². The average Bonchev–Trinajstić information content (AvgIpc) is 2.78. The zero-order chi connectivity index (χ0) is 21.8. The second kappa shape index (κ2) is 11.9. The van der Waals surface area contributed by atoms with Crippen LogP contribution in [0.15, 0.2) is 29.4 Å². The predicted molar refractivity (Wildman–Crippen MR) is 137 cm³/mol. The number of hydrogen-bond acceptors (Lipinski definition) is 8. The van der Waals surface area contributed by atoms with Crippen LogP contribution in [0.1, 0.15) is 52.0 Å². The minimum Gasteiger partial charge on any atom is -0.378 e. The molecule has 182 valence electrons. The number of fused-ring (bicyclic) bond motifs is 1. The molecule has 1 aliphatic heterocycles. The number of aromatic nitrogens is 2. The van der Waals surface area contributed by atoms with Crippen molar-refractivity contribution in [2.45, 2.75) is 54.0 Å². The Kier molecular flexibility index (Phi) is 9.49. The molecule has 4 rings (SSSR count). The van der Waals surface area contributed by atoms with Crippen molar-refractivity contribution in [1.82, 2.24) is 9.97 Å². The van der Waals surface area contributed by atoms with Crippen LogP contribution in [0.25, 0.3) is 0 Å². The quantitative estimate of drug-likeness (QED) is 0.505. The van der Waals surface area contributed by atoms with E-state index in [1.54, 1.807) is 13.1 Å². The highest BCUT2D eigenvalue weighted by Crippen LogP contribution is 2.33. The van der Waals surface area contributed by atoms with Crippen molar-refractivity contribution in [2.24, 2.45) is 16.8 Å². The van der Waals surface area contributed by atoms with E-state index in [-0.39, 0.29) is 28.0 Å². The van der Waals surface area contributed by atoms with E-state index in [9.17, 15) is 4.79 Å². The molecule has 1 aromatic carbocycles. The summed E-state index contributed by atoms with van der Waals surface area (Å²) in [6, 6.07) is 7.67. The van der Waals surface area contributed by atoms with Crippen molar-refractivity contribution >= 4 is 23.8 Å². The molecule has 2 aromatic rings. The third kappa shape index (κ3) is 6.36. The second-order valence-electron chi connectivity index (χ2n) is 8.31. The zero-order valence-corrected chi connectivity index (χ0v) is 18.2. The molecule has 1 saturated heterocycles. The number of rotatable bonds is 6. The number of nitrogens with one attached hydrogen (secondary N) is 1. The summed E-state index contributed by atoms with van der Waals surface area (Å²) in [4.78, 5) is 24.3. The number of benzene rings is 1. The van der Waals surface area contributed by atoms with E-state index in [0.29, 0.717) is 25.6 Å². The van der Waals surface area contributed by atoms with Gasteiger partial charge in [-0.3, -0.25) is 4.79 Å². The van der Waals surface area contributed by atoms with Gasteiger partial charge in [0.15, 0.2) is 5.78 Å². The van der Waals surface area contributed by atoms with E-state index in [2.05, 4.69) is 34.5 Å². The molecular weight excluding hydrogens is 416 g/mol.